The molecule has 0 radical (unpaired) electrons. The van der Waals surface area contributed by atoms with E-state index in [-0.39, 0.29) is 5.54 Å². The molecular formula is C12H14N2O. The summed E-state index contributed by atoms with van der Waals surface area (Å²) in [6.07, 6.45) is 14.4. The van der Waals surface area contributed by atoms with Crippen LogP contribution in [0, 0.1) is 0 Å². The van der Waals surface area contributed by atoms with Gasteiger partial charge in [-0.1, -0.05) is 31.2 Å². The van der Waals surface area contributed by atoms with Crippen LogP contribution < -0.4 is 0 Å². The fourth-order valence-electron chi connectivity index (χ4n) is 2.03. The molecule has 0 unspecified atom stereocenters. The highest BCUT2D eigenvalue weighted by molar-refractivity contribution is 5.71. The minimum absolute atomic E-state index is 0.110. The van der Waals surface area contributed by atoms with Gasteiger partial charge in [-0.25, -0.2) is 4.98 Å². The first-order valence-corrected chi connectivity index (χ1v) is 5.15. The number of nitrogens with zero attached hydrogens (tertiary/aromatic N) is 2. The summed E-state index contributed by atoms with van der Waals surface area (Å²) < 4.78 is 1.96. The molecule has 3 heteroatoms. The number of hydrogen-bond acceptors (Lipinski definition) is 2. The van der Waals surface area contributed by atoms with E-state index < -0.39 is 0 Å². The largest absolute Gasteiger partial charge is 0.318 e. The van der Waals surface area contributed by atoms with Gasteiger partial charge >= 0.3 is 0 Å². The van der Waals surface area contributed by atoms with Crippen LogP contribution in [0.3, 0.4) is 0 Å². The van der Waals surface area contributed by atoms with Crippen molar-refractivity contribution in [3.05, 3.63) is 42.5 Å². The highest BCUT2D eigenvalue weighted by atomic mass is 16.1. The molecule has 0 bridgehead atoms. The summed E-state index contributed by atoms with van der Waals surface area (Å²) in [5.41, 5.74) is 0.526. The van der Waals surface area contributed by atoms with Crippen LogP contribution in [0.5, 0.6) is 0 Å². The third-order valence-electron chi connectivity index (χ3n) is 3.00. The molecule has 2 rings (SSSR count). The third-order valence-corrected chi connectivity index (χ3v) is 3.00. The van der Waals surface area contributed by atoms with Gasteiger partial charge in [0.15, 0.2) is 6.29 Å². The summed E-state index contributed by atoms with van der Waals surface area (Å²) in [4.78, 5) is 14.9. The van der Waals surface area contributed by atoms with Gasteiger partial charge in [-0.3, -0.25) is 4.79 Å². The summed E-state index contributed by atoms with van der Waals surface area (Å²) >= 11 is 0. The van der Waals surface area contributed by atoms with E-state index in [0.717, 1.165) is 19.1 Å². The summed E-state index contributed by atoms with van der Waals surface area (Å²) in [5, 5.41) is 0. The first-order chi connectivity index (χ1) is 7.32. The van der Waals surface area contributed by atoms with E-state index >= 15 is 0 Å². The van der Waals surface area contributed by atoms with Crippen molar-refractivity contribution >= 4 is 6.29 Å². The van der Waals surface area contributed by atoms with Crippen LogP contribution in [0.15, 0.2) is 36.8 Å². The lowest BCUT2D eigenvalue weighted by atomic mass is 9.88. The topological polar surface area (TPSA) is 34.9 Å². The van der Waals surface area contributed by atoms with Gasteiger partial charge in [-0.05, 0) is 12.8 Å². The van der Waals surface area contributed by atoms with Crippen LogP contribution in [-0.4, -0.2) is 15.8 Å². The molecule has 1 aliphatic rings. The van der Waals surface area contributed by atoms with Crippen molar-refractivity contribution in [3.63, 3.8) is 0 Å². The van der Waals surface area contributed by atoms with E-state index in [4.69, 9.17) is 0 Å². The molecule has 1 atom stereocenters. The first-order valence-electron chi connectivity index (χ1n) is 5.15. The Kier molecular flexibility index (Phi) is 2.54. The van der Waals surface area contributed by atoms with Crippen LogP contribution >= 0.6 is 0 Å². The van der Waals surface area contributed by atoms with E-state index in [1.54, 1.807) is 12.5 Å². The monoisotopic (exact) mass is 202 g/mol. The van der Waals surface area contributed by atoms with Crippen LogP contribution in [0.1, 0.15) is 30.3 Å². The molecule has 0 saturated heterocycles. The molecule has 1 aromatic rings. The van der Waals surface area contributed by atoms with E-state index in [2.05, 4.69) is 24.1 Å². The molecule has 3 nitrogen and oxygen atoms in total. The minimum atomic E-state index is -0.110. The van der Waals surface area contributed by atoms with Gasteiger partial charge < -0.3 is 4.57 Å². The zero-order valence-electron chi connectivity index (χ0n) is 8.76. The van der Waals surface area contributed by atoms with Crippen LogP contribution in [0.25, 0.3) is 0 Å². The number of rotatable bonds is 3. The molecule has 0 saturated carbocycles. The van der Waals surface area contributed by atoms with Crippen molar-refractivity contribution in [1.82, 2.24) is 9.55 Å². The predicted molar refractivity (Wildman–Crippen MR) is 58.8 cm³/mol. The Morgan fingerprint density at radius 3 is 3.07 bits per heavy atom. The van der Waals surface area contributed by atoms with Crippen LogP contribution in [-0.2, 0) is 5.54 Å². The molecular weight excluding hydrogens is 188 g/mol. The smallest absolute Gasteiger partial charge is 0.168 e. The fraction of sp³-hybridized carbons (Fsp3) is 0.333. The van der Waals surface area contributed by atoms with Crippen molar-refractivity contribution in [2.75, 3.05) is 0 Å². The predicted octanol–water partition coefficient (Wildman–Crippen LogP) is 2.32. The number of imidazole rings is 1. The average molecular weight is 202 g/mol. The fourth-order valence-corrected chi connectivity index (χ4v) is 2.03. The van der Waals surface area contributed by atoms with Gasteiger partial charge in [0.05, 0.1) is 18.1 Å². The minimum Gasteiger partial charge on any atom is -0.318 e. The molecule has 1 heterocycles. The molecule has 0 amide bonds. The first kappa shape index (κ1) is 9.90. The Morgan fingerprint density at radius 2 is 2.47 bits per heavy atom. The lowest BCUT2D eigenvalue weighted by Gasteiger charge is -2.32. The summed E-state index contributed by atoms with van der Waals surface area (Å²) in [7, 11) is 0. The number of allylic oxidation sites excluding steroid dienone is 4. The Hall–Kier alpha value is -1.64. The Labute approximate surface area is 89.1 Å². The summed E-state index contributed by atoms with van der Waals surface area (Å²) in [6.45, 7) is 2.12. The van der Waals surface area contributed by atoms with Gasteiger partial charge in [0.1, 0.15) is 5.69 Å². The number of hydrogen-bond donors (Lipinski definition) is 0. The molecule has 15 heavy (non-hydrogen) atoms. The molecule has 0 spiro atoms. The van der Waals surface area contributed by atoms with E-state index in [1.165, 1.54) is 0 Å². The number of carbonyl (C=O) groups is 1. The lowest BCUT2D eigenvalue weighted by Crippen LogP contribution is -2.32. The standard InChI is InChI=1S/C12H14N2O/c1-2-12(6-4-3-5-7-12)14-10-13-8-11(14)9-15/h3-6,8-10H,2,7H2,1H3/t12-/m0/s1. The number of aromatic nitrogens is 2. The molecule has 0 fully saturated rings. The summed E-state index contributed by atoms with van der Waals surface area (Å²) in [5.74, 6) is 0. The molecule has 78 valence electrons. The molecule has 1 aromatic heterocycles. The van der Waals surface area contributed by atoms with Gasteiger partial charge in [-0.15, -0.1) is 0 Å². The van der Waals surface area contributed by atoms with Gasteiger partial charge in [0.2, 0.25) is 0 Å². The molecule has 1 aliphatic carbocycles. The maximum atomic E-state index is 10.9. The highest BCUT2D eigenvalue weighted by Gasteiger charge is 2.28. The molecule has 0 aromatic carbocycles. The maximum absolute atomic E-state index is 10.9. The zero-order valence-corrected chi connectivity index (χ0v) is 8.76. The van der Waals surface area contributed by atoms with E-state index in [9.17, 15) is 4.79 Å². The SMILES string of the molecule is CC[C@]1(n2cncc2C=O)C=CC=CC1. The molecule has 0 N–H and O–H groups in total. The molecule has 0 aliphatic heterocycles. The van der Waals surface area contributed by atoms with E-state index in [1.807, 2.05) is 16.7 Å². The zero-order chi connectivity index (χ0) is 10.7. The van der Waals surface area contributed by atoms with Crippen molar-refractivity contribution in [3.8, 4) is 0 Å². The lowest BCUT2D eigenvalue weighted by molar-refractivity contribution is 0.111. The number of aldehydes is 1. The Balaban J connectivity index is 2.46. The quantitative estimate of drug-likeness (QED) is 0.705. The normalized spacial score (nSPS) is 24.3. The van der Waals surface area contributed by atoms with Crippen LogP contribution in [0.2, 0.25) is 0 Å². The third kappa shape index (κ3) is 1.54. The van der Waals surface area contributed by atoms with Gasteiger partial charge in [0, 0.05) is 0 Å². The number of carbonyl (C=O) groups excluding carboxylic acids is 1. The van der Waals surface area contributed by atoms with Crippen LogP contribution in [0.4, 0.5) is 0 Å². The van der Waals surface area contributed by atoms with E-state index in [0.29, 0.717) is 5.69 Å². The Bertz CT molecular complexity index is 417. The average Bonchev–Trinajstić information content (AvgIpc) is 2.78. The van der Waals surface area contributed by atoms with Crippen molar-refractivity contribution in [2.45, 2.75) is 25.3 Å². The second-order valence-electron chi connectivity index (χ2n) is 3.75. The maximum Gasteiger partial charge on any atom is 0.168 e. The van der Waals surface area contributed by atoms with Crippen molar-refractivity contribution < 1.29 is 4.79 Å². The van der Waals surface area contributed by atoms with Gasteiger partial charge in [0.25, 0.3) is 0 Å². The second-order valence-corrected chi connectivity index (χ2v) is 3.75. The summed E-state index contributed by atoms with van der Waals surface area (Å²) in [6, 6.07) is 0. The van der Waals surface area contributed by atoms with Crippen molar-refractivity contribution in [1.29, 1.82) is 0 Å². The highest BCUT2D eigenvalue weighted by Crippen LogP contribution is 2.31. The van der Waals surface area contributed by atoms with Gasteiger partial charge in [-0.2, -0.15) is 0 Å². The van der Waals surface area contributed by atoms with Crippen molar-refractivity contribution in [2.24, 2.45) is 0 Å². The Morgan fingerprint density at radius 1 is 1.60 bits per heavy atom. The second kappa shape index (κ2) is 3.85.